The highest BCUT2D eigenvalue weighted by Gasteiger charge is 2.17. The Balaban J connectivity index is 1.24. The number of nitrogens with zero attached hydrogens (tertiary/aromatic N) is 4. The van der Waals surface area contributed by atoms with Crippen LogP contribution in [0.15, 0.2) is 175 Å². The molecule has 5 heteroatoms. The highest BCUT2D eigenvalue weighted by atomic mass is 16.3. The first-order chi connectivity index (χ1) is 24.3. The van der Waals surface area contributed by atoms with Gasteiger partial charge in [-0.3, -0.25) is 9.97 Å². The molecule has 0 atom stereocenters. The summed E-state index contributed by atoms with van der Waals surface area (Å²) in [5.41, 5.74) is 12.7. The third kappa shape index (κ3) is 5.43. The van der Waals surface area contributed by atoms with Crippen molar-refractivity contribution in [1.29, 1.82) is 0 Å². The molecular weight excluding hydrogens is 601 g/mol. The van der Waals surface area contributed by atoms with Gasteiger partial charge in [-0.25, -0.2) is 9.97 Å². The van der Waals surface area contributed by atoms with Gasteiger partial charge in [-0.1, -0.05) is 91.0 Å². The molecule has 0 saturated carbocycles. The number of rotatable bonds is 6. The minimum Gasteiger partial charge on any atom is -0.455 e. The Morgan fingerprint density at radius 1 is 0.388 bits per heavy atom. The Hall–Kier alpha value is -6.72. The fourth-order valence-corrected chi connectivity index (χ4v) is 6.44. The van der Waals surface area contributed by atoms with Gasteiger partial charge in [0.25, 0.3) is 0 Å². The third-order valence-electron chi connectivity index (χ3n) is 8.89. The maximum absolute atomic E-state index is 6.45. The average molecular weight is 629 g/mol. The summed E-state index contributed by atoms with van der Waals surface area (Å²) >= 11 is 0. The summed E-state index contributed by atoms with van der Waals surface area (Å²) in [6.45, 7) is 0. The Morgan fingerprint density at radius 2 is 1.04 bits per heavy atom. The van der Waals surface area contributed by atoms with Crippen molar-refractivity contribution >= 4 is 21.9 Å². The Labute approximate surface area is 283 Å². The van der Waals surface area contributed by atoms with Crippen molar-refractivity contribution in [2.24, 2.45) is 0 Å². The van der Waals surface area contributed by atoms with Crippen LogP contribution in [0, 0.1) is 0 Å². The minimum atomic E-state index is 0.651. The molecule has 4 heterocycles. The predicted octanol–water partition coefficient (Wildman–Crippen LogP) is 11.2. The molecule has 9 rings (SSSR count). The zero-order valence-electron chi connectivity index (χ0n) is 26.4. The Kier molecular flexibility index (Phi) is 7.06. The molecule has 5 aromatic carbocycles. The molecule has 0 spiro atoms. The second-order valence-electron chi connectivity index (χ2n) is 12.0. The summed E-state index contributed by atoms with van der Waals surface area (Å²) < 4.78 is 6.45. The lowest BCUT2D eigenvalue weighted by Crippen LogP contribution is -1.97. The molecule has 230 valence electrons. The molecule has 0 N–H and O–H groups in total. The van der Waals surface area contributed by atoms with E-state index >= 15 is 0 Å². The number of aromatic nitrogens is 4. The van der Waals surface area contributed by atoms with E-state index < -0.39 is 0 Å². The standard InChI is InChI=1S/C44H28N4O/c1-2-8-32(9-3-1)44-47-40(27-41(48-44)39-13-6-12-38-37-11-4-5-14-42(37)49-43(38)39)36-25-34(24-35(26-36)31-19-22-45-23-20-31)30-17-15-29(16-18-30)33-10-7-21-46-28-33/h1-28H. The molecule has 5 nitrogen and oxygen atoms in total. The number of para-hydroxylation sites is 2. The van der Waals surface area contributed by atoms with E-state index in [0.29, 0.717) is 5.82 Å². The van der Waals surface area contributed by atoms with E-state index in [-0.39, 0.29) is 0 Å². The van der Waals surface area contributed by atoms with Crippen LogP contribution in [0.25, 0.3) is 89.2 Å². The van der Waals surface area contributed by atoms with Crippen LogP contribution in [0.1, 0.15) is 0 Å². The van der Waals surface area contributed by atoms with Crippen molar-refractivity contribution in [3.05, 3.63) is 170 Å². The lowest BCUT2D eigenvalue weighted by molar-refractivity contribution is 0.670. The quantitative estimate of drug-likeness (QED) is 0.183. The van der Waals surface area contributed by atoms with Gasteiger partial charge in [0.1, 0.15) is 11.2 Å². The molecule has 0 aliphatic carbocycles. The van der Waals surface area contributed by atoms with E-state index in [4.69, 9.17) is 14.4 Å². The van der Waals surface area contributed by atoms with Crippen molar-refractivity contribution < 1.29 is 4.42 Å². The molecule has 0 unspecified atom stereocenters. The molecule has 49 heavy (non-hydrogen) atoms. The zero-order valence-corrected chi connectivity index (χ0v) is 26.4. The van der Waals surface area contributed by atoms with Crippen molar-refractivity contribution in [2.45, 2.75) is 0 Å². The molecule has 0 bridgehead atoms. The first-order valence-corrected chi connectivity index (χ1v) is 16.2. The second-order valence-corrected chi connectivity index (χ2v) is 12.0. The number of benzene rings is 5. The van der Waals surface area contributed by atoms with E-state index in [1.807, 2.05) is 85.3 Å². The number of hydrogen-bond donors (Lipinski definition) is 0. The summed E-state index contributed by atoms with van der Waals surface area (Å²) in [5.74, 6) is 0.651. The first-order valence-electron chi connectivity index (χ1n) is 16.2. The Morgan fingerprint density at radius 3 is 1.82 bits per heavy atom. The van der Waals surface area contributed by atoms with Gasteiger partial charge in [-0.2, -0.15) is 0 Å². The van der Waals surface area contributed by atoms with Gasteiger partial charge in [0.2, 0.25) is 0 Å². The molecule has 4 aromatic heterocycles. The molecule has 9 aromatic rings. The van der Waals surface area contributed by atoms with Crippen LogP contribution in [0.4, 0.5) is 0 Å². The molecule has 0 saturated heterocycles. The molecule has 0 aliphatic rings. The maximum atomic E-state index is 6.45. The van der Waals surface area contributed by atoms with Crippen LogP contribution in [0.3, 0.4) is 0 Å². The third-order valence-corrected chi connectivity index (χ3v) is 8.89. The highest BCUT2D eigenvalue weighted by Crippen LogP contribution is 2.38. The van der Waals surface area contributed by atoms with Crippen LogP contribution in [0.5, 0.6) is 0 Å². The molecule has 0 aliphatic heterocycles. The first kappa shape index (κ1) is 28.5. The molecular formula is C44H28N4O. The number of pyridine rings is 2. The summed E-state index contributed by atoms with van der Waals surface area (Å²) in [7, 11) is 0. The van der Waals surface area contributed by atoms with Crippen LogP contribution in [-0.2, 0) is 0 Å². The fourth-order valence-electron chi connectivity index (χ4n) is 6.44. The largest absolute Gasteiger partial charge is 0.455 e. The number of hydrogen-bond acceptors (Lipinski definition) is 5. The van der Waals surface area contributed by atoms with E-state index in [1.54, 1.807) is 6.20 Å². The van der Waals surface area contributed by atoms with Gasteiger partial charge in [0, 0.05) is 52.3 Å². The van der Waals surface area contributed by atoms with E-state index in [0.717, 1.165) is 83.4 Å². The van der Waals surface area contributed by atoms with E-state index in [2.05, 4.69) is 88.8 Å². The highest BCUT2D eigenvalue weighted by molar-refractivity contribution is 6.09. The topological polar surface area (TPSA) is 64.7 Å². The van der Waals surface area contributed by atoms with Gasteiger partial charge >= 0.3 is 0 Å². The van der Waals surface area contributed by atoms with Crippen molar-refractivity contribution in [1.82, 2.24) is 19.9 Å². The van der Waals surface area contributed by atoms with E-state index in [9.17, 15) is 0 Å². The Bertz CT molecular complexity index is 2580. The summed E-state index contributed by atoms with van der Waals surface area (Å²) in [6, 6.07) is 50.0. The van der Waals surface area contributed by atoms with Crippen LogP contribution < -0.4 is 0 Å². The van der Waals surface area contributed by atoms with Gasteiger partial charge in [-0.05, 0) is 88.0 Å². The predicted molar refractivity (Wildman–Crippen MR) is 198 cm³/mol. The zero-order chi connectivity index (χ0) is 32.6. The molecule has 0 radical (unpaired) electrons. The monoisotopic (exact) mass is 628 g/mol. The van der Waals surface area contributed by atoms with Crippen molar-refractivity contribution in [3.63, 3.8) is 0 Å². The SMILES string of the molecule is c1ccc(-c2nc(-c3cc(-c4ccncc4)cc(-c4ccc(-c5cccnc5)cc4)c3)cc(-c3cccc4c3oc3ccccc34)n2)cc1. The summed E-state index contributed by atoms with van der Waals surface area (Å²) in [4.78, 5) is 18.9. The summed E-state index contributed by atoms with van der Waals surface area (Å²) in [6.07, 6.45) is 7.34. The normalized spacial score (nSPS) is 11.3. The fraction of sp³-hybridized carbons (Fsp3) is 0. The van der Waals surface area contributed by atoms with Crippen molar-refractivity contribution in [2.75, 3.05) is 0 Å². The van der Waals surface area contributed by atoms with Gasteiger partial charge in [-0.15, -0.1) is 0 Å². The van der Waals surface area contributed by atoms with Crippen LogP contribution in [-0.4, -0.2) is 19.9 Å². The van der Waals surface area contributed by atoms with Gasteiger partial charge in [0.05, 0.1) is 11.4 Å². The van der Waals surface area contributed by atoms with Gasteiger partial charge < -0.3 is 4.42 Å². The molecule has 0 fully saturated rings. The molecule has 0 amide bonds. The van der Waals surface area contributed by atoms with Gasteiger partial charge in [0.15, 0.2) is 5.82 Å². The average Bonchev–Trinajstić information content (AvgIpc) is 3.58. The second kappa shape index (κ2) is 12.1. The lowest BCUT2D eigenvalue weighted by Gasteiger charge is -2.13. The maximum Gasteiger partial charge on any atom is 0.160 e. The van der Waals surface area contributed by atoms with E-state index in [1.165, 1.54) is 0 Å². The van der Waals surface area contributed by atoms with Crippen LogP contribution >= 0.6 is 0 Å². The van der Waals surface area contributed by atoms with Crippen LogP contribution in [0.2, 0.25) is 0 Å². The smallest absolute Gasteiger partial charge is 0.160 e. The minimum absolute atomic E-state index is 0.651. The lowest BCUT2D eigenvalue weighted by atomic mass is 9.94. The number of fused-ring (bicyclic) bond motifs is 3. The van der Waals surface area contributed by atoms with Crippen molar-refractivity contribution in [3.8, 4) is 67.3 Å². The summed E-state index contributed by atoms with van der Waals surface area (Å²) in [5, 5.41) is 2.15. The number of furan rings is 1.